The molecule has 0 fully saturated rings. The van der Waals surface area contributed by atoms with E-state index in [0.717, 1.165) is 12.1 Å². The minimum Gasteiger partial charge on any atom is -0.495 e. The van der Waals surface area contributed by atoms with E-state index >= 15 is 0 Å². The molecule has 0 heterocycles. The minimum absolute atomic E-state index is 0.0285. The van der Waals surface area contributed by atoms with Crippen molar-refractivity contribution in [1.29, 1.82) is 0 Å². The van der Waals surface area contributed by atoms with Gasteiger partial charge in [-0.05, 0) is 6.07 Å². The van der Waals surface area contributed by atoms with Crippen molar-refractivity contribution in [3.63, 3.8) is 0 Å². The summed E-state index contributed by atoms with van der Waals surface area (Å²) in [7, 11) is 1.35. The summed E-state index contributed by atoms with van der Waals surface area (Å²) >= 11 is 5.52. The van der Waals surface area contributed by atoms with Gasteiger partial charge in [0.1, 0.15) is 5.75 Å². The molecule has 0 spiro atoms. The van der Waals surface area contributed by atoms with E-state index in [9.17, 15) is 12.9 Å². The monoisotopic (exact) mass is 209 g/mol. The molecular weight excluding hydrogens is 203 g/mol. The molecule has 0 aliphatic carbocycles. The fourth-order valence-electron chi connectivity index (χ4n) is 0.886. The Morgan fingerprint density at radius 2 is 1.92 bits per heavy atom. The van der Waals surface area contributed by atoms with Crippen LogP contribution in [0.1, 0.15) is 0 Å². The Bertz CT molecular complexity index is 313. The fraction of sp³-hybridized carbons (Fsp3) is 0.143. The molecule has 1 aromatic rings. The van der Waals surface area contributed by atoms with Gasteiger partial charge in [0.2, 0.25) is 0 Å². The van der Waals surface area contributed by atoms with Gasteiger partial charge in [0.25, 0.3) is 0 Å². The maximum absolute atomic E-state index is 12.2. The molecule has 6 heteroatoms. The Balaban J connectivity index is 3.10. The highest BCUT2D eigenvalue weighted by Gasteiger charge is 2.25. The minimum atomic E-state index is -4.98. The van der Waals surface area contributed by atoms with Gasteiger partial charge in [-0.3, -0.25) is 0 Å². The molecule has 13 heavy (non-hydrogen) atoms. The summed E-state index contributed by atoms with van der Waals surface area (Å²) in [5.74, 6) is 0.241. The molecule has 72 valence electrons. The Hall–Kier alpha value is -0.835. The fourth-order valence-corrected chi connectivity index (χ4v) is 1.15. The van der Waals surface area contributed by atoms with Gasteiger partial charge in [0.15, 0.2) is 0 Å². The lowest BCUT2D eigenvalue weighted by Crippen LogP contribution is -2.33. The van der Waals surface area contributed by atoms with Crippen molar-refractivity contribution in [1.82, 2.24) is 0 Å². The van der Waals surface area contributed by atoms with Crippen LogP contribution in [0.3, 0.4) is 0 Å². The van der Waals surface area contributed by atoms with Crippen LogP contribution in [0.25, 0.3) is 0 Å². The normalized spacial score (nSPS) is 11.5. The van der Waals surface area contributed by atoms with E-state index in [1.807, 2.05) is 0 Å². The third-order valence-corrected chi connectivity index (χ3v) is 1.85. The first kappa shape index (κ1) is 10.2. The van der Waals surface area contributed by atoms with Gasteiger partial charge in [-0.2, -0.15) is 0 Å². The molecule has 1 nitrogen and oxygen atoms in total. The van der Waals surface area contributed by atoms with Crippen molar-refractivity contribution in [2.75, 3.05) is 7.11 Å². The van der Waals surface area contributed by atoms with Gasteiger partial charge in [0.05, 0.1) is 12.1 Å². The number of ether oxygens (including phenoxy) is 1. The second kappa shape index (κ2) is 3.50. The van der Waals surface area contributed by atoms with Crippen LogP contribution >= 0.6 is 11.6 Å². The van der Waals surface area contributed by atoms with E-state index in [2.05, 4.69) is 0 Å². The lowest BCUT2D eigenvalue weighted by Gasteiger charge is -2.15. The van der Waals surface area contributed by atoms with Crippen LogP contribution < -0.4 is 10.2 Å². The van der Waals surface area contributed by atoms with Gasteiger partial charge >= 0.3 is 6.98 Å². The molecule has 0 saturated carbocycles. The molecule has 0 N–H and O–H groups in total. The Morgan fingerprint density at radius 1 is 1.31 bits per heavy atom. The summed E-state index contributed by atoms with van der Waals surface area (Å²) < 4.78 is 41.2. The van der Waals surface area contributed by atoms with Crippen molar-refractivity contribution >= 4 is 24.0 Å². The van der Waals surface area contributed by atoms with E-state index in [4.69, 9.17) is 16.3 Å². The van der Waals surface area contributed by atoms with E-state index in [1.54, 1.807) is 0 Å². The molecule has 0 aromatic heterocycles. The Labute approximate surface area is 78.5 Å². The first-order valence-electron chi connectivity index (χ1n) is 3.48. The predicted octanol–water partition coefficient (Wildman–Crippen LogP) is 2.40. The first-order chi connectivity index (χ1) is 5.95. The largest absolute Gasteiger partial charge is 0.509 e. The maximum atomic E-state index is 12.2. The lowest BCUT2D eigenvalue weighted by atomic mass is 9.80. The van der Waals surface area contributed by atoms with Gasteiger partial charge < -0.3 is 17.7 Å². The Kier molecular flexibility index (Phi) is 2.76. The molecule has 0 atom stereocenters. The third-order valence-electron chi connectivity index (χ3n) is 1.55. The van der Waals surface area contributed by atoms with Gasteiger partial charge in [-0.1, -0.05) is 23.7 Å². The summed E-state index contributed by atoms with van der Waals surface area (Å²) in [6.07, 6.45) is 0. The molecule has 0 saturated heterocycles. The zero-order chi connectivity index (χ0) is 10.1. The lowest BCUT2D eigenvalue weighted by molar-refractivity contribution is 0.415. The highest BCUT2D eigenvalue weighted by atomic mass is 35.5. The zero-order valence-electron chi connectivity index (χ0n) is 6.73. The zero-order valence-corrected chi connectivity index (χ0v) is 7.49. The predicted molar refractivity (Wildman–Crippen MR) is 46.7 cm³/mol. The van der Waals surface area contributed by atoms with E-state index < -0.39 is 12.4 Å². The maximum Gasteiger partial charge on any atom is 0.509 e. The molecule has 0 radical (unpaired) electrons. The van der Waals surface area contributed by atoms with E-state index in [0.29, 0.717) is 0 Å². The van der Waals surface area contributed by atoms with Crippen molar-refractivity contribution < 1.29 is 17.7 Å². The summed E-state index contributed by atoms with van der Waals surface area (Å²) in [5, 5.41) is -0.0285. The standard InChI is InChI=1S/C7H6BClF3O/c1-13-7-3-2-5(4-6(7)9)8(10,11)12/h2-4H,1H3/q-1. The number of methoxy groups -OCH3 is 1. The number of halogens is 4. The van der Waals surface area contributed by atoms with Crippen LogP contribution in [0.2, 0.25) is 5.02 Å². The Morgan fingerprint density at radius 3 is 2.31 bits per heavy atom. The van der Waals surface area contributed by atoms with Crippen LogP contribution in [0, 0.1) is 0 Å². The topological polar surface area (TPSA) is 9.23 Å². The summed E-state index contributed by atoms with van der Waals surface area (Å²) in [5.41, 5.74) is -0.717. The number of hydrogen-bond acceptors (Lipinski definition) is 1. The highest BCUT2D eigenvalue weighted by Crippen LogP contribution is 2.23. The van der Waals surface area contributed by atoms with Crippen LogP contribution in [0.4, 0.5) is 12.9 Å². The molecular formula is C7H6BClF3O-. The van der Waals surface area contributed by atoms with Crippen molar-refractivity contribution in [3.05, 3.63) is 23.2 Å². The van der Waals surface area contributed by atoms with Crippen LogP contribution in [0.15, 0.2) is 18.2 Å². The van der Waals surface area contributed by atoms with Crippen molar-refractivity contribution in [3.8, 4) is 5.75 Å². The highest BCUT2D eigenvalue weighted by molar-refractivity contribution is 6.73. The SMILES string of the molecule is COc1ccc([B-](F)(F)F)cc1Cl. The summed E-state index contributed by atoms with van der Waals surface area (Å²) in [4.78, 5) is 0. The second-order valence-corrected chi connectivity index (χ2v) is 2.88. The number of hydrogen-bond donors (Lipinski definition) is 0. The molecule has 1 rings (SSSR count). The van der Waals surface area contributed by atoms with Crippen LogP contribution in [-0.4, -0.2) is 14.1 Å². The van der Waals surface area contributed by atoms with E-state index in [-0.39, 0.29) is 10.8 Å². The second-order valence-electron chi connectivity index (χ2n) is 2.47. The van der Waals surface area contributed by atoms with Crippen molar-refractivity contribution in [2.45, 2.75) is 0 Å². The number of rotatable bonds is 2. The smallest absolute Gasteiger partial charge is 0.495 e. The average molecular weight is 209 g/mol. The van der Waals surface area contributed by atoms with Crippen LogP contribution in [-0.2, 0) is 0 Å². The molecule has 0 bridgehead atoms. The molecule has 0 unspecified atom stereocenters. The molecule has 0 amide bonds. The third kappa shape index (κ3) is 2.31. The summed E-state index contributed by atoms with van der Waals surface area (Å²) in [6.45, 7) is -4.98. The van der Waals surface area contributed by atoms with Crippen LogP contribution in [0.5, 0.6) is 5.75 Å². The van der Waals surface area contributed by atoms with E-state index in [1.165, 1.54) is 13.2 Å². The molecule has 0 aliphatic heterocycles. The quantitative estimate of drug-likeness (QED) is 0.680. The van der Waals surface area contributed by atoms with Gasteiger partial charge in [-0.15, -0.1) is 5.46 Å². The molecule has 1 aromatic carbocycles. The first-order valence-corrected chi connectivity index (χ1v) is 3.86. The number of benzene rings is 1. The van der Waals surface area contributed by atoms with Gasteiger partial charge in [-0.25, -0.2) is 0 Å². The van der Waals surface area contributed by atoms with Crippen molar-refractivity contribution in [2.24, 2.45) is 0 Å². The summed E-state index contributed by atoms with van der Waals surface area (Å²) in [6, 6.07) is 3.01. The molecule has 0 aliphatic rings. The average Bonchev–Trinajstić information content (AvgIpc) is 2.02. The van der Waals surface area contributed by atoms with Gasteiger partial charge in [0, 0.05) is 0 Å².